The van der Waals surface area contributed by atoms with Crippen LogP contribution in [-0.4, -0.2) is 62.1 Å². The number of likely N-dealkylation sites (N-methyl/N-ethyl adjacent to an activating group) is 1. The molecular formula is C28H37N3O6. The summed E-state index contributed by atoms with van der Waals surface area (Å²) in [6, 6.07) is 15.4. The van der Waals surface area contributed by atoms with Crippen molar-refractivity contribution in [2.24, 2.45) is 0 Å². The van der Waals surface area contributed by atoms with Crippen LogP contribution in [-0.2, 0) is 19.1 Å². The molecule has 3 rings (SSSR count). The van der Waals surface area contributed by atoms with E-state index in [1.807, 2.05) is 36.4 Å². The molecule has 0 bridgehead atoms. The zero-order chi connectivity index (χ0) is 27.0. The lowest BCUT2D eigenvalue weighted by molar-refractivity contribution is -0.171. The summed E-state index contributed by atoms with van der Waals surface area (Å²) in [5.74, 6) is -0.469. The SMILES string of the molecule is CON(C)C(=O)[C@@H](CCCCNC(=O)OC(C)(C)C)NC(=O)OCC1c2ccccc2-c2ccccc21. The van der Waals surface area contributed by atoms with Gasteiger partial charge in [0.15, 0.2) is 0 Å². The van der Waals surface area contributed by atoms with Gasteiger partial charge in [0.25, 0.3) is 5.91 Å². The van der Waals surface area contributed by atoms with Crippen LogP contribution in [0.25, 0.3) is 11.1 Å². The fourth-order valence-corrected chi connectivity index (χ4v) is 4.33. The molecule has 37 heavy (non-hydrogen) atoms. The molecule has 2 aromatic rings. The maximum atomic E-state index is 12.8. The van der Waals surface area contributed by atoms with Crippen molar-refractivity contribution >= 4 is 18.1 Å². The summed E-state index contributed by atoms with van der Waals surface area (Å²) in [6.07, 6.45) is 0.374. The highest BCUT2D eigenvalue weighted by molar-refractivity contribution is 5.85. The summed E-state index contributed by atoms with van der Waals surface area (Å²) in [4.78, 5) is 42.3. The first kappa shape index (κ1) is 28.0. The molecule has 1 atom stereocenters. The third kappa shape index (κ3) is 7.69. The standard InChI is InChI=1S/C28H37N3O6/c1-28(2,3)37-26(33)29-17-11-10-16-24(25(32)31(4)35-5)30-27(34)36-18-23-21-14-8-6-12-19(21)20-13-7-9-15-22(20)23/h6-9,12-15,23-24H,10-11,16-18H2,1-5H3,(H,29,33)(H,30,34)/t24-/m1/s1. The minimum atomic E-state index is -0.831. The highest BCUT2D eigenvalue weighted by atomic mass is 16.7. The van der Waals surface area contributed by atoms with E-state index in [9.17, 15) is 14.4 Å². The van der Waals surface area contributed by atoms with Gasteiger partial charge in [-0.1, -0.05) is 48.5 Å². The fourth-order valence-electron chi connectivity index (χ4n) is 4.33. The van der Waals surface area contributed by atoms with Gasteiger partial charge in [0.05, 0.1) is 7.11 Å². The zero-order valence-electron chi connectivity index (χ0n) is 22.2. The summed E-state index contributed by atoms with van der Waals surface area (Å²) in [6.45, 7) is 5.93. The molecule has 2 N–H and O–H groups in total. The highest BCUT2D eigenvalue weighted by Crippen LogP contribution is 2.44. The number of nitrogens with one attached hydrogen (secondary N) is 2. The van der Waals surface area contributed by atoms with E-state index in [1.54, 1.807) is 20.8 Å². The van der Waals surface area contributed by atoms with Crippen LogP contribution in [0, 0.1) is 0 Å². The molecule has 0 saturated heterocycles. The number of fused-ring (bicyclic) bond motifs is 3. The lowest BCUT2D eigenvalue weighted by atomic mass is 9.98. The first-order valence-corrected chi connectivity index (χ1v) is 12.5. The van der Waals surface area contributed by atoms with Gasteiger partial charge in [0.1, 0.15) is 18.2 Å². The zero-order valence-corrected chi connectivity index (χ0v) is 22.2. The van der Waals surface area contributed by atoms with Crippen molar-refractivity contribution in [1.29, 1.82) is 0 Å². The van der Waals surface area contributed by atoms with Gasteiger partial charge in [-0.2, -0.15) is 0 Å². The Kier molecular flexibility index (Phi) is 9.52. The van der Waals surface area contributed by atoms with E-state index in [2.05, 4.69) is 22.8 Å². The number of amides is 3. The maximum absolute atomic E-state index is 12.8. The summed E-state index contributed by atoms with van der Waals surface area (Å²) < 4.78 is 10.8. The minimum Gasteiger partial charge on any atom is -0.449 e. The first-order valence-electron chi connectivity index (χ1n) is 12.5. The number of benzene rings is 2. The molecule has 0 saturated carbocycles. The average Bonchev–Trinajstić information content (AvgIpc) is 3.18. The first-order chi connectivity index (χ1) is 17.6. The van der Waals surface area contributed by atoms with Gasteiger partial charge in [-0.05, 0) is 62.3 Å². The van der Waals surface area contributed by atoms with E-state index in [1.165, 1.54) is 14.2 Å². The molecule has 0 heterocycles. The van der Waals surface area contributed by atoms with Crippen LogP contribution in [0.3, 0.4) is 0 Å². The molecule has 9 heteroatoms. The van der Waals surface area contributed by atoms with Crippen LogP contribution in [0.5, 0.6) is 0 Å². The van der Waals surface area contributed by atoms with Gasteiger partial charge in [0.2, 0.25) is 0 Å². The van der Waals surface area contributed by atoms with Gasteiger partial charge in [-0.15, -0.1) is 0 Å². The van der Waals surface area contributed by atoms with Crippen molar-refractivity contribution in [3.63, 3.8) is 0 Å². The fraction of sp³-hybridized carbons (Fsp3) is 0.464. The number of carbonyl (C=O) groups is 3. The molecular weight excluding hydrogens is 474 g/mol. The number of hydroxylamine groups is 2. The van der Waals surface area contributed by atoms with Crippen LogP contribution >= 0.6 is 0 Å². The Morgan fingerprint density at radius 2 is 1.54 bits per heavy atom. The predicted molar refractivity (Wildman–Crippen MR) is 140 cm³/mol. The number of rotatable bonds is 10. The molecule has 0 unspecified atom stereocenters. The molecule has 200 valence electrons. The minimum absolute atomic E-state index is 0.0760. The van der Waals surface area contributed by atoms with Crippen LogP contribution in [0.2, 0.25) is 0 Å². The van der Waals surface area contributed by atoms with E-state index in [-0.39, 0.29) is 12.5 Å². The van der Waals surface area contributed by atoms with E-state index in [0.717, 1.165) is 27.3 Å². The van der Waals surface area contributed by atoms with Crippen LogP contribution in [0.1, 0.15) is 57.1 Å². The average molecular weight is 512 g/mol. The quantitative estimate of drug-likeness (QED) is 0.357. The van der Waals surface area contributed by atoms with Crippen molar-refractivity contribution in [3.8, 4) is 11.1 Å². The summed E-state index contributed by atoms with van der Waals surface area (Å²) in [7, 11) is 2.87. The van der Waals surface area contributed by atoms with Gasteiger partial charge < -0.3 is 20.1 Å². The second-order valence-corrected chi connectivity index (χ2v) is 9.97. The Balaban J connectivity index is 1.54. The maximum Gasteiger partial charge on any atom is 0.407 e. The molecule has 0 aromatic heterocycles. The topological polar surface area (TPSA) is 106 Å². The van der Waals surface area contributed by atoms with Gasteiger partial charge >= 0.3 is 12.2 Å². The van der Waals surface area contributed by atoms with Crippen molar-refractivity contribution < 1.29 is 28.7 Å². The number of hydrogen-bond acceptors (Lipinski definition) is 6. The Bertz CT molecular complexity index is 1050. The number of unbranched alkanes of at least 4 members (excludes halogenated alkanes) is 1. The molecule has 0 aliphatic heterocycles. The lowest BCUT2D eigenvalue weighted by Gasteiger charge is -2.23. The number of hydrogen-bond donors (Lipinski definition) is 2. The molecule has 1 aliphatic rings. The van der Waals surface area contributed by atoms with Crippen molar-refractivity contribution in [2.45, 2.75) is 57.6 Å². The number of nitrogens with zero attached hydrogens (tertiary/aromatic N) is 1. The van der Waals surface area contributed by atoms with Crippen molar-refractivity contribution in [1.82, 2.24) is 15.7 Å². The Morgan fingerprint density at radius 1 is 0.946 bits per heavy atom. The molecule has 0 fully saturated rings. The molecule has 1 aliphatic carbocycles. The molecule has 3 amide bonds. The van der Waals surface area contributed by atoms with Crippen LogP contribution in [0.15, 0.2) is 48.5 Å². The van der Waals surface area contributed by atoms with Crippen LogP contribution in [0.4, 0.5) is 9.59 Å². The van der Waals surface area contributed by atoms with Crippen molar-refractivity contribution in [2.75, 3.05) is 27.3 Å². The van der Waals surface area contributed by atoms with Crippen LogP contribution < -0.4 is 10.6 Å². The monoisotopic (exact) mass is 511 g/mol. The Labute approximate surface area is 218 Å². The Morgan fingerprint density at radius 3 is 2.11 bits per heavy atom. The number of ether oxygens (including phenoxy) is 2. The summed E-state index contributed by atoms with van der Waals surface area (Å²) >= 11 is 0. The van der Waals surface area contributed by atoms with E-state index in [0.29, 0.717) is 25.8 Å². The smallest absolute Gasteiger partial charge is 0.407 e. The predicted octanol–water partition coefficient (Wildman–Crippen LogP) is 4.61. The molecule has 0 spiro atoms. The normalized spacial score (nSPS) is 13.2. The van der Waals surface area contributed by atoms with E-state index >= 15 is 0 Å². The van der Waals surface area contributed by atoms with E-state index < -0.39 is 29.7 Å². The second-order valence-electron chi connectivity index (χ2n) is 9.97. The van der Waals surface area contributed by atoms with Gasteiger partial charge in [-0.25, -0.2) is 14.7 Å². The lowest BCUT2D eigenvalue weighted by Crippen LogP contribution is -2.47. The van der Waals surface area contributed by atoms with E-state index in [4.69, 9.17) is 14.3 Å². The summed E-state index contributed by atoms with van der Waals surface area (Å²) in [5.41, 5.74) is 3.93. The molecule has 2 aromatic carbocycles. The Hall–Kier alpha value is -3.59. The van der Waals surface area contributed by atoms with Crippen molar-refractivity contribution in [3.05, 3.63) is 59.7 Å². The third-order valence-electron chi connectivity index (χ3n) is 6.11. The third-order valence-corrected chi connectivity index (χ3v) is 6.11. The largest absolute Gasteiger partial charge is 0.449 e. The molecule has 0 radical (unpaired) electrons. The number of alkyl carbamates (subject to hydrolysis) is 2. The highest BCUT2D eigenvalue weighted by Gasteiger charge is 2.30. The summed E-state index contributed by atoms with van der Waals surface area (Å²) in [5, 5.41) is 6.46. The molecule has 9 nitrogen and oxygen atoms in total. The van der Waals surface area contributed by atoms with Gasteiger partial charge in [0, 0.05) is 19.5 Å². The number of carbonyl (C=O) groups excluding carboxylic acids is 3. The second kappa shape index (κ2) is 12.6. The van der Waals surface area contributed by atoms with Gasteiger partial charge in [-0.3, -0.25) is 9.63 Å².